The number of guanidine groups is 1. The van der Waals surface area contributed by atoms with Gasteiger partial charge < -0.3 is 9.47 Å². The highest BCUT2D eigenvalue weighted by atomic mass is 16.5. The fourth-order valence-corrected chi connectivity index (χ4v) is 2.24. The molecule has 0 fully saturated rings. The zero-order chi connectivity index (χ0) is 18.1. The smallest absolute Gasteiger partial charge is 0.214 e. The maximum Gasteiger partial charge on any atom is 0.214 e. The summed E-state index contributed by atoms with van der Waals surface area (Å²) < 4.78 is 11.0. The number of hydrogen-bond acceptors (Lipinski definition) is 6. The van der Waals surface area contributed by atoms with Crippen molar-refractivity contribution in [1.29, 1.82) is 0 Å². The second-order valence-electron chi connectivity index (χ2n) is 4.93. The third-order valence-electron chi connectivity index (χ3n) is 3.43. The molecule has 0 aliphatic heterocycles. The third-order valence-corrected chi connectivity index (χ3v) is 3.43. The first kappa shape index (κ1) is 18.4. The Morgan fingerprint density at radius 1 is 1.36 bits per heavy atom. The highest BCUT2D eigenvalue weighted by Gasteiger charge is 2.16. The van der Waals surface area contributed by atoms with Gasteiger partial charge in [0.05, 0.1) is 30.8 Å². The van der Waals surface area contributed by atoms with E-state index in [0.717, 1.165) is 17.1 Å². The van der Waals surface area contributed by atoms with E-state index in [9.17, 15) is 0 Å². The molecule has 3 N–H and O–H groups in total. The molecule has 0 amide bonds. The number of benzene rings is 1. The zero-order valence-electron chi connectivity index (χ0n) is 14.3. The molecular weight excluding hydrogens is 320 g/mol. The molecule has 8 heteroatoms. The number of anilines is 1. The van der Waals surface area contributed by atoms with Gasteiger partial charge in [-0.05, 0) is 24.9 Å². The van der Waals surface area contributed by atoms with E-state index in [1.807, 2.05) is 30.3 Å². The van der Waals surface area contributed by atoms with Gasteiger partial charge in [-0.15, -0.1) is 0 Å². The van der Waals surface area contributed by atoms with Gasteiger partial charge in [-0.1, -0.05) is 12.1 Å². The van der Waals surface area contributed by atoms with Crippen LogP contribution in [0, 0.1) is 0 Å². The maximum absolute atomic E-state index is 5.79. The molecule has 0 radical (unpaired) electrons. The summed E-state index contributed by atoms with van der Waals surface area (Å²) in [5.74, 6) is 6.75. The summed E-state index contributed by atoms with van der Waals surface area (Å²) in [7, 11) is 3.24. The number of methoxy groups -OCH3 is 1. The van der Waals surface area contributed by atoms with Crippen LogP contribution in [0.4, 0.5) is 11.4 Å². The lowest BCUT2D eigenvalue weighted by Gasteiger charge is -2.26. The molecule has 0 spiro atoms. The van der Waals surface area contributed by atoms with Gasteiger partial charge in [0.1, 0.15) is 12.5 Å². The number of rotatable bonds is 7. The third kappa shape index (κ3) is 4.75. The molecule has 0 saturated carbocycles. The van der Waals surface area contributed by atoms with E-state index in [4.69, 9.17) is 15.3 Å². The Morgan fingerprint density at radius 2 is 2.16 bits per heavy atom. The molecule has 132 valence electrons. The molecule has 1 aromatic heterocycles. The van der Waals surface area contributed by atoms with Crippen LogP contribution in [0.5, 0.6) is 5.75 Å². The number of hydrazine groups is 1. The number of hydrogen-bond donors (Lipinski definition) is 2. The van der Waals surface area contributed by atoms with E-state index >= 15 is 0 Å². The second kappa shape index (κ2) is 9.36. The minimum absolute atomic E-state index is 0.197. The van der Waals surface area contributed by atoms with E-state index in [0.29, 0.717) is 18.3 Å². The molecule has 0 aliphatic carbocycles. The van der Waals surface area contributed by atoms with Gasteiger partial charge in [-0.2, -0.15) is 0 Å². The number of aliphatic imine (C=N–C) groups is 2. The summed E-state index contributed by atoms with van der Waals surface area (Å²) in [4.78, 5) is 14.2. The normalized spacial score (nSPS) is 11.1. The quantitative estimate of drug-likeness (QED) is 0.262. The predicted octanol–water partition coefficient (Wildman–Crippen LogP) is 1.85. The lowest BCUT2D eigenvalue weighted by Crippen LogP contribution is -2.46. The minimum atomic E-state index is 0.197. The van der Waals surface area contributed by atoms with E-state index in [1.54, 1.807) is 31.3 Å². The van der Waals surface area contributed by atoms with Crippen LogP contribution in [-0.2, 0) is 11.3 Å². The van der Waals surface area contributed by atoms with Crippen molar-refractivity contribution in [3.05, 3.63) is 48.3 Å². The van der Waals surface area contributed by atoms with E-state index in [1.165, 1.54) is 0 Å². The molecule has 0 atom stereocenters. The number of nitrogens with one attached hydrogen (secondary N) is 1. The van der Waals surface area contributed by atoms with Crippen molar-refractivity contribution in [2.45, 2.75) is 6.61 Å². The first-order valence-electron chi connectivity index (χ1n) is 7.56. The molecule has 1 aromatic carbocycles. The van der Waals surface area contributed by atoms with Crippen LogP contribution in [0.2, 0.25) is 0 Å². The zero-order valence-corrected chi connectivity index (χ0v) is 14.3. The molecule has 2 aromatic rings. The molecule has 1 heterocycles. The fourth-order valence-electron chi connectivity index (χ4n) is 2.24. The Labute approximate surface area is 147 Å². The van der Waals surface area contributed by atoms with Gasteiger partial charge in [0.25, 0.3) is 0 Å². The van der Waals surface area contributed by atoms with Crippen LogP contribution >= 0.6 is 0 Å². The standard InChI is InChI=1S/C17H22N6O2/c1-19-15-6-4-5-7-16(15)23(17(20-2)22-18)12-25-11-13-10-14(24-3)8-9-21-13/h4-10H,1,11-12,18H2,2-3H3,(H,20,22). The SMILES string of the molecule is C=Nc1ccccc1N(COCc1cc(OC)ccn1)C(=NC)NN. The summed E-state index contributed by atoms with van der Waals surface area (Å²) in [6.45, 7) is 4.10. The first-order chi connectivity index (χ1) is 12.2. The lowest BCUT2D eigenvalue weighted by atomic mass is 10.2. The summed E-state index contributed by atoms with van der Waals surface area (Å²) in [5.41, 5.74) is 4.79. The average Bonchev–Trinajstić information content (AvgIpc) is 2.67. The largest absolute Gasteiger partial charge is 0.497 e. The number of para-hydroxylation sites is 2. The predicted molar refractivity (Wildman–Crippen MR) is 99.3 cm³/mol. The molecule has 2 rings (SSSR count). The Bertz CT molecular complexity index is 735. The number of nitrogens with zero attached hydrogens (tertiary/aromatic N) is 4. The van der Waals surface area contributed by atoms with Crippen LogP contribution in [0.1, 0.15) is 5.69 Å². The van der Waals surface area contributed by atoms with Crippen molar-refractivity contribution in [2.24, 2.45) is 15.8 Å². The van der Waals surface area contributed by atoms with Crippen LogP contribution in [0.25, 0.3) is 0 Å². The summed E-state index contributed by atoms with van der Waals surface area (Å²) in [5, 5.41) is 0. The van der Waals surface area contributed by atoms with Crippen LogP contribution < -0.4 is 20.9 Å². The van der Waals surface area contributed by atoms with Gasteiger partial charge >= 0.3 is 0 Å². The highest BCUT2D eigenvalue weighted by Crippen LogP contribution is 2.28. The second-order valence-corrected chi connectivity index (χ2v) is 4.93. The Morgan fingerprint density at radius 3 is 2.84 bits per heavy atom. The van der Waals surface area contributed by atoms with Crippen molar-refractivity contribution in [2.75, 3.05) is 25.8 Å². The van der Waals surface area contributed by atoms with Gasteiger partial charge in [0, 0.05) is 19.3 Å². The average molecular weight is 342 g/mol. The molecule has 8 nitrogen and oxygen atoms in total. The molecule has 0 bridgehead atoms. The van der Waals surface area contributed by atoms with E-state index in [-0.39, 0.29) is 6.73 Å². The van der Waals surface area contributed by atoms with Gasteiger partial charge in [0.2, 0.25) is 5.96 Å². The van der Waals surface area contributed by atoms with E-state index in [2.05, 4.69) is 27.1 Å². The molecule has 0 aliphatic rings. The van der Waals surface area contributed by atoms with Crippen molar-refractivity contribution in [1.82, 2.24) is 10.4 Å². The number of pyridine rings is 1. The van der Waals surface area contributed by atoms with Gasteiger partial charge in [-0.3, -0.25) is 25.3 Å². The van der Waals surface area contributed by atoms with Crippen molar-refractivity contribution in [3.63, 3.8) is 0 Å². The first-order valence-corrected chi connectivity index (χ1v) is 7.56. The summed E-state index contributed by atoms with van der Waals surface area (Å²) in [6, 6.07) is 11.1. The molecule has 25 heavy (non-hydrogen) atoms. The summed E-state index contributed by atoms with van der Waals surface area (Å²) >= 11 is 0. The number of aromatic nitrogens is 1. The number of ether oxygens (including phenoxy) is 2. The topological polar surface area (TPSA) is 97.4 Å². The molecule has 0 unspecified atom stereocenters. The number of nitrogens with two attached hydrogens (primary N) is 1. The van der Waals surface area contributed by atoms with Gasteiger partial charge in [-0.25, -0.2) is 5.84 Å². The minimum Gasteiger partial charge on any atom is -0.497 e. The maximum atomic E-state index is 5.79. The molecular formula is C17H22N6O2. The summed E-state index contributed by atoms with van der Waals surface area (Å²) in [6.07, 6.45) is 1.67. The van der Waals surface area contributed by atoms with Crippen LogP contribution in [0.15, 0.2) is 52.6 Å². The fraction of sp³-hybridized carbons (Fsp3) is 0.235. The Balaban J connectivity index is 2.15. The van der Waals surface area contributed by atoms with Crippen molar-refractivity contribution in [3.8, 4) is 5.75 Å². The highest BCUT2D eigenvalue weighted by molar-refractivity contribution is 5.98. The monoisotopic (exact) mass is 342 g/mol. The van der Waals surface area contributed by atoms with Crippen molar-refractivity contribution >= 4 is 24.1 Å². The van der Waals surface area contributed by atoms with Gasteiger partial charge in [0.15, 0.2) is 0 Å². The van der Waals surface area contributed by atoms with E-state index < -0.39 is 0 Å². The Kier molecular flexibility index (Phi) is 6.87. The molecule has 0 saturated heterocycles. The lowest BCUT2D eigenvalue weighted by molar-refractivity contribution is 0.125. The van der Waals surface area contributed by atoms with Crippen LogP contribution in [-0.4, -0.2) is 38.5 Å². The Hall–Kier alpha value is -2.97. The van der Waals surface area contributed by atoms with Crippen LogP contribution in [0.3, 0.4) is 0 Å². The van der Waals surface area contributed by atoms with Crippen molar-refractivity contribution < 1.29 is 9.47 Å².